The molecule has 0 spiro atoms. The first-order valence-electron chi connectivity index (χ1n) is 6.13. The Balaban J connectivity index is 2.46. The third-order valence-electron chi connectivity index (χ3n) is 3.17. The summed E-state index contributed by atoms with van der Waals surface area (Å²) in [7, 11) is 0. The number of carboxylic acid groups (broad SMARTS) is 1. The van der Waals surface area contributed by atoms with Crippen molar-refractivity contribution in [2.24, 2.45) is 0 Å². The predicted octanol–water partition coefficient (Wildman–Crippen LogP) is 3.92. The van der Waals surface area contributed by atoms with E-state index in [4.69, 9.17) is 4.42 Å². The standard InChI is InChI=1S/C16H9BrO4/c17-10-7-5-9(6-8-10)13-11-3-1-2-4-12(11)16(20)21-14(13)15(18)19/h1-8H,(H,18,19). The van der Waals surface area contributed by atoms with Crippen molar-refractivity contribution in [3.8, 4) is 11.1 Å². The van der Waals surface area contributed by atoms with Crippen molar-refractivity contribution in [3.05, 3.63) is 69.2 Å². The molecule has 104 valence electrons. The van der Waals surface area contributed by atoms with E-state index in [1.165, 1.54) is 0 Å². The van der Waals surface area contributed by atoms with Gasteiger partial charge in [0.1, 0.15) is 0 Å². The number of benzene rings is 2. The van der Waals surface area contributed by atoms with Gasteiger partial charge in [-0.05, 0) is 23.8 Å². The second-order valence-corrected chi connectivity index (χ2v) is 5.37. The molecule has 0 amide bonds. The molecule has 2 aromatic carbocycles. The minimum Gasteiger partial charge on any atom is -0.475 e. The summed E-state index contributed by atoms with van der Waals surface area (Å²) in [6, 6.07) is 14.0. The lowest BCUT2D eigenvalue weighted by Crippen LogP contribution is -2.09. The average Bonchev–Trinajstić information content (AvgIpc) is 2.48. The fourth-order valence-corrected chi connectivity index (χ4v) is 2.52. The number of rotatable bonds is 2. The zero-order valence-electron chi connectivity index (χ0n) is 10.7. The molecule has 3 rings (SSSR count). The molecule has 0 bridgehead atoms. The van der Waals surface area contributed by atoms with E-state index in [9.17, 15) is 14.7 Å². The molecule has 0 saturated carbocycles. The summed E-state index contributed by atoms with van der Waals surface area (Å²) < 4.78 is 5.88. The van der Waals surface area contributed by atoms with Crippen LogP contribution in [0.5, 0.6) is 0 Å². The van der Waals surface area contributed by atoms with Gasteiger partial charge < -0.3 is 9.52 Å². The summed E-state index contributed by atoms with van der Waals surface area (Å²) >= 11 is 3.34. The van der Waals surface area contributed by atoms with Crippen LogP contribution in [0.15, 0.2) is 62.2 Å². The van der Waals surface area contributed by atoms with Gasteiger partial charge in [0, 0.05) is 15.4 Å². The van der Waals surface area contributed by atoms with Crippen LogP contribution in [0.25, 0.3) is 21.9 Å². The van der Waals surface area contributed by atoms with Crippen LogP contribution < -0.4 is 5.63 Å². The van der Waals surface area contributed by atoms with Crippen molar-refractivity contribution in [1.82, 2.24) is 0 Å². The zero-order valence-corrected chi connectivity index (χ0v) is 12.3. The van der Waals surface area contributed by atoms with E-state index >= 15 is 0 Å². The summed E-state index contributed by atoms with van der Waals surface area (Å²) in [5.41, 5.74) is 0.435. The first kappa shape index (κ1) is 13.6. The quantitative estimate of drug-likeness (QED) is 0.764. The van der Waals surface area contributed by atoms with Crippen LogP contribution in [0, 0.1) is 0 Å². The molecule has 4 nitrogen and oxygen atoms in total. The van der Waals surface area contributed by atoms with Crippen molar-refractivity contribution >= 4 is 32.7 Å². The topological polar surface area (TPSA) is 67.5 Å². The summed E-state index contributed by atoms with van der Waals surface area (Å²) in [6.45, 7) is 0. The molecule has 3 aromatic rings. The van der Waals surface area contributed by atoms with Crippen LogP contribution in [-0.4, -0.2) is 11.1 Å². The van der Waals surface area contributed by atoms with Crippen LogP contribution in [-0.2, 0) is 0 Å². The average molecular weight is 345 g/mol. The van der Waals surface area contributed by atoms with E-state index in [-0.39, 0.29) is 5.76 Å². The lowest BCUT2D eigenvalue weighted by atomic mass is 9.98. The summed E-state index contributed by atoms with van der Waals surface area (Å²) in [4.78, 5) is 23.3. The van der Waals surface area contributed by atoms with E-state index in [2.05, 4.69) is 15.9 Å². The molecule has 0 atom stereocenters. The van der Waals surface area contributed by atoms with Crippen molar-refractivity contribution in [1.29, 1.82) is 0 Å². The lowest BCUT2D eigenvalue weighted by Gasteiger charge is -2.09. The van der Waals surface area contributed by atoms with Crippen LogP contribution in [0.3, 0.4) is 0 Å². The minimum absolute atomic E-state index is 0.346. The van der Waals surface area contributed by atoms with Crippen LogP contribution in [0.1, 0.15) is 10.6 Å². The van der Waals surface area contributed by atoms with E-state index in [0.29, 0.717) is 21.9 Å². The van der Waals surface area contributed by atoms with Gasteiger partial charge in [-0.2, -0.15) is 0 Å². The molecule has 1 N–H and O–H groups in total. The predicted molar refractivity (Wildman–Crippen MR) is 82.6 cm³/mol. The van der Waals surface area contributed by atoms with Crippen molar-refractivity contribution in [3.63, 3.8) is 0 Å². The monoisotopic (exact) mass is 344 g/mol. The summed E-state index contributed by atoms with van der Waals surface area (Å²) in [5.74, 6) is -1.61. The summed E-state index contributed by atoms with van der Waals surface area (Å²) in [6.07, 6.45) is 0. The van der Waals surface area contributed by atoms with Crippen LogP contribution >= 0.6 is 15.9 Å². The molecule has 0 fully saturated rings. The van der Waals surface area contributed by atoms with Gasteiger partial charge in [0.05, 0.1) is 5.39 Å². The molecule has 21 heavy (non-hydrogen) atoms. The molecule has 5 heteroatoms. The SMILES string of the molecule is O=C(O)c1oc(=O)c2ccccc2c1-c1ccc(Br)cc1. The maximum Gasteiger partial charge on any atom is 0.372 e. The normalized spacial score (nSPS) is 10.7. The molecule has 0 aliphatic heterocycles. The Morgan fingerprint density at radius 2 is 1.62 bits per heavy atom. The van der Waals surface area contributed by atoms with E-state index in [1.54, 1.807) is 48.5 Å². The zero-order chi connectivity index (χ0) is 15.0. The number of hydrogen-bond donors (Lipinski definition) is 1. The van der Waals surface area contributed by atoms with Gasteiger partial charge in [-0.1, -0.05) is 46.3 Å². The first-order chi connectivity index (χ1) is 10.1. The number of hydrogen-bond acceptors (Lipinski definition) is 3. The van der Waals surface area contributed by atoms with Gasteiger partial charge in [0.2, 0.25) is 5.76 Å². The van der Waals surface area contributed by atoms with Gasteiger partial charge in [-0.15, -0.1) is 0 Å². The largest absolute Gasteiger partial charge is 0.475 e. The number of fused-ring (bicyclic) bond motifs is 1. The Labute approximate surface area is 127 Å². The molecular formula is C16H9BrO4. The number of halogens is 1. The summed E-state index contributed by atoms with van der Waals surface area (Å²) in [5, 5.41) is 10.2. The number of carboxylic acids is 1. The highest BCUT2D eigenvalue weighted by molar-refractivity contribution is 9.10. The van der Waals surface area contributed by atoms with Gasteiger partial charge in [-0.3, -0.25) is 0 Å². The van der Waals surface area contributed by atoms with Crippen molar-refractivity contribution in [2.45, 2.75) is 0 Å². The highest BCUT2D eigenvalue weighted by Crippen LogP contribution is 2.31. The van der Waals surface area contributed by atoms with Gasteiger partial charge in [0.15, 0.2) is 0 Å². The van der Waals surface area contributed by atoms with Crippen molar-refractivity contribution in [2.75, 3.05) is 0 Å². The van der Waals surface area contributed by atoms with Crippen LogP contribution in [0.4, 0.5) is 0 Å². The Morgan fingerprint density at radius 1 is 1.00 bits per heavy atom. The second kappa shape index (κ2) is 5.18. The van der Waals surface area contributed by atoms with E-state index in [0.717, 1.165) is 4.47 Å². The highest BCUT2D eigenvalue weighted by Gasteiger charge is 2.20. The molecule has 1 aromatic heterocycles. The molecule has 0 radical (unpaired) electrons. The third-order valence-corrected chi connectivity index (χ3v) is 3.69. The fraction of sp³-hybridized carbons (Fsp3) is 0. The Hall–Kier alpha value is -2.40. The minimum atomic E-state index is -1.27. The first-order valence-corrected chi connectivity index (χ1v) is 6.92. The third kappa shape index (κ3) is 2.36. The maximum atomic E-state index is 11.9. The second-order valence-electron chi connectivity index (χ2n) is 4.45. The number of carbonyl (C=O) groups is 1. The van der Waals surface area contributed by atoms with Crippen molar-refractivity contribution < 1.29 is 14.3 Å². The van der Waals surface area contributed by atoms with Crippen LogP contribution in [0.2, 0.25) is 0 Å². The highest BCUT2D eigenvalue weighted by atomic mass is 79.9. The van der Waals surface area contributed by atoms with E-state index in [1.807, 2.05) is 0 Å². The van der Waals surface area contributed by atoms with Gasteiger partial charge in [-0.25, -0.2) is 9.59 Å². The molecule has 0 saturated heterocycles. The molecule has 0 aliphatic carbocycles. The number of aromatic carboxylic acids is 1. The molecule has 1 heterocycles. The smallest absolute Gasteiger partial charge is 0.372 e. The fourth-order valence-electron chi connectivity index (χ4n) is 2.25. The lowest BCUT2D eigenvalue weighted by molar-refractivity contribution is 0.0659. The molecular weight excluding hydrogens is 336 g/mol. The maximum absolute atomic E-state index is 11.9. The molecule has 0 unspecified atom stereocenters. The Morgan fingerprint density at radius 3 is 2.24 bits per heavy atom. The Kier molecular flexibility index (Phi) is 3.35. The Bertz CT molecular complexity index is 894. The van der Waals surface area contributed by atoms with Gasteiger partial charge in [0.25, 0.3) is 0 Å². The van der Waals surface area contributed by atoms with E-state index < -0.39 is 11.6 Å². The van der Waals surface area contributed by atoms with Gasteiger partial charge >= 0.3 is 11.6 Å². The molecule has 0 aliphatic rings.